The molecule has 1 radical (unpaired) electrons. The van der Waals surface area contributed by atoms with Crippen LogP contribution in [-0.2, 0) is 29.5 Å². The van der Waals surface area contributed by atoms with Gasteiger partial charge in [0.05, 0.1) is 4.90 Å². The van der Waals surface area contributed by atoms with Crippen LogP contribution in [0.15, 0.2) is 77.7 Å². The summed E-state index contributed by atoms with van der Waals surface area (Å²) in [6, 6.07) is 20.5. The summed E-state index contributed by atoms with van der Waals surface area (Å²) >= 11 is 0. The molecule has 0 aliphatic heterocycles. The molecular formula is C24H27N2O2RuS. The SMILES string of the molecule is Cc1cc(C)c(S(=O)(=O)[N-][C@H](c2ccccc2)[C@H]([NH-])c2ccccc2)c(C)c1.[CH3-].[Ru+3]. The summed E-state index contributed by atoms with van der Waals surface area (Å²) in [5.41, 5.74) is 12.5. The van der Waals surface area contributed by atoms with Crippen LogP contribution in [0, 0.1) is 28.2 Å². The summed E-state index contributed by atoms with van der Waals surface area (Å²) < 4.78 is 30.8. The smallest absolute Gasteiger partial charge is 0.672 e. The van der Waals surface area contributed by atoms with Crippen molar-refractivity contribution < 1.29 is 27.9 Å². The van der Waals surface area contributed by atoms with E-state index in [2.05, 4.69) is 4.72 Å². The predicted molar refractivity (Wildman–Crippen MR) is 120 cm³/mol. The van der Waals surface area contributed by atoms with E-state index in [9.17, 15) is 8.42 Å². The van der Waals surface area contributed by atoms with Crippen molar-refractivity contribution in [3.8, 4) is 0 Å². The molecule has 0 amide bonds. The fourth-order valence-corrected chi connectivity index (χ4v) is 5.16. The first kappa shape index (κ1) is 26.2. The number of nitrogens with zero attached hydrogens (tertiary/aromatic N) is 1. The Hall–Kier alpha value is -1.85. The summed E-state index contributed by atoms with van der Waals surface area (Å²) in [4.78, 5) is 0.235. The van der Waals surface area contributed by atoms with Gasteiger partial charge >= 0.3 is 19.5 Å². The molecule has 30 heavy (non-hydrogen) atoms. The second-order valence-corrected chi connectivity index (χ2v) is 8.62. The number of hydrogen-bond donors (Lipinski definition) is 0. The Morgan fingerprint density at radius 3 is 1.70 bits per heavy atom. The van der Waals surface area contributed by atoms with Gasteiger partial charge in [-0.25, -0.2) is 8.42 Å². The Bertz CT molecular complexity index is 1030. The number of rotatable bonds is 6. The van der Waals surface area contributed by atoms with E-state index in [0.717, 1.165) is 11.1 Å². The van der Waals surface area contributed by atoms with Gasteiger partial charge in [0.25, 0.3) is 0 Å². The first-order valence-corrected chi connectivity index (χ1v) is 10.6. The minimum atomic E-state index is -3.93. The minimum absolute atomic E-state index is 0. The molecule has 2 atom stereocenters. The number of sulfonamides is 1. The molecule has 0 bridgehead atoms. The van der Waals surface area contributed by atoms with Crippen LogP contribution in [0.3, 0.4) is 0 Å². The van der Waals surface area contributed by atoms with E-state index in [-0.39, 0.29) is 31.8 Å². The zero-order chi connectivity index (χ0) is 20.3. The Kier molecular flexibility index (Phi) is 9.57. The van der Waals surface area contributed by atoms with Crippen LogP contribution >= 0.6 is 0 Å². The van der Waals surface area contributed by atoms with Crippen molar-refractivity contribution >= 4 is 10.0 Å². The molecule has 1 N–H and O–H groups in total. The van der Waals surface area contributed by atoms with Crippen LogP contribution in [0.1, 0.15) is 39.9 Å². The topological polar surface area (TPSA) is 72.0 Å². The Balaban J connectivity index is 0.00000225. The molecule has 3 aromatic rings. The zero-order valence-electron chi connectivity index (χ0n) is 17.6. The quantitative estimate of drug-likeness (QED) is 0.276. The van der Waals surface area contributed by atoms with Gasteiger partial charge in [-0.2, -0.15) is 0 Å². The molecule has 0 unspecified atom stereocenters. The predicted octanol–water partition coefficient (Wildman–Crippen LogP) is 6.66. The molecule has 0 aliphatic carbocycles. The van der Waals surface area contributed by atoms with Crippen molar-refractivity contribution in [3.05, 3.63) is 118 Å². The fraction of sp³-hybridized carbons (Fsp3) is 0.208. The van der Waals surface area contributed by atoms with Crippen molar-refractivity contribution in [2.75, 3.05) is 0 Å². The Morgan fingerprint density at radius 1 is 0.800 bits per heavy atom. The molecular weight excluding hydrogens is 481 g/mol. The summed E-state index contributed by atoms with van der Waals surface area (Å²) in [6.07, 6.45) is 0. The second-order valence-electron chi connectivity index (χ2n) is 7.05. The third-order valence-corrected chi connectivity index (χ3v) is 6.40. The van der Waals surface area contributed by atoms with Gasteiger partial charge < -0.3 is 17.9 Å². The van der Waals surface area contributed by atoms with Crippen molar-refractivity contribution in [2.45, 2.75) is 37.8 Å². The summed E-state index contributed by atoms with van der Waals surface area (Å²) in [6.45, 7) is 5.51. The van der Waals surface area contributed by atoms with Crippen LogP contribution in [0.4, 0.5) is 0 Å². The number of hydrogen-bond acceptors (Lipinski definition) is 2. The maximum absolute atomic E-state index is 13.3. The minimum Gasteiger partial charge on any atom is -0.672 e. The Labute approximate surface area is 193 Å². The molecule has 0 spiro atoms. The zero-order valence-corrected chi connectivity index (χ0v) is 20.2. The third-order valence-electron chi connectivity index (χ3n) is 4.73. The molecule has 4 nitrogen and oxygen atoms in total. The van der Waals surface area contributed by atoms with E-state index in [1.807, 2.05) is 79.7 Å². The first-order chi connectivity index (χ1) is 13.3. The largest absolute Gasteiger partial charge is 3.00 e. The summed E-state index contributed by atoms with van der Waals surface area (Å²) in [5, 5.41) is 0. The maximum atomic E-state index is 13.3. The van der Waals surface area contributed by atoms with E-state index < -0.39 is 22.1 Å². The van der Waals surface area contributed by atoms with Gasteiger partial charge in [-0.3, -0.25) is 0 Å². The van der Waals surface area contributed by atoms with Crippen LogP contribution < -0.4 is 0 Å². The van der Waals surface area contributed by atoms with Gasteiger partial charge in [-0.15, -0.1) is 12.1 Å². The third kappa shape index (κ3) is 5.86. The van der Waals surface area contributed by atoms with E-state index in [0.29, 0.717) is 16.7 Å². The van der Waals surface area contributed by atoms with Crippen LogP contribution in [-0.4, -0.2) is 8.42 Å². The van der Waals surface area contributed by atoms with E-state index >= 15 is 0 Å². The average Bonchev–Trinajstić information content (AvgIpc) is 2.66. The van der Waals surface area contributed by atoms with E-state index in [1.165, 1.54) is 0 Å². The van der Waals surface area contributed by atoms with Gasteiger partial charge in [0.1, 0.15) is 10.0 Å². The molecule has 3 aromatic carbocycles. The maximum Gasteiger partial charge on any atom is 3.00 e. The summed E-state index contributed by atoms with van der Waals surface area (Å²) in [5.74, 6) is 0. The van der Waals surface area contributed by atoms with Crippen molar-refractivity contribution in [2.24, 2.45) is 0 Å². The fourth-order valence-electron chi connectivity index (χ4n) is 3.58. The number of nitrogens with one attached hydrogen (secondary N) is 1. The average molecular weight is 509 g/mol. The molecule has 0 aromatic heterocycles. The standard InChI is InChI=1S/C23H24N2O2S.CH3.Ru/c1-16-14-17(2)23(18(3)15-16)28(26,27)25-22(20-12-8-5-9-13-20)21(24)19-10-6-4-7-11-19;;/h4-15,21-22,24H,1-3H3;1H3;/q-2;-1;+3/t21-,22-;;/m1../s1. The first-order valence-electron chi connectivity index (χ1n) is 9.15. The number of benzene rings is 3. The number of aryl methyl sites for hydroxylation is 3. The van der Waals surface area contributed by atoms with E-state index in [1.54, 1.807) is 13.8 Å². The van der Waals surface area contributed by atoms with Crippen molar-refractivity contribution in [1.29, 1.82) is 0 Å². The summed E-state index contributed by atoms with van der Waals surface area (Å²) in [7, 11) is -3.93. The molecule has 159 valence electrons. The van der Waals surface area contributed by atoms with Crippen LogP contribution in [0.25, 0.3) is 10.5 Å². The van der Waals surface area contributed by atoms with Gasteiger partial charge in [-0.05, 0) is 31.9 Å². The second kappa shape index (κ2) is 11.0. The molecule has 3 rings (SSSR count). The van der Waals surface area contributed by atoms with Crippen LogP contribution in [0.2, 0.25) is 0 Å². The Morgan fingerprint density at radius 2 is 1.23 bits per heavy atom. The molecule has 6 heteroatoms. The van der Waals surface area contributed by atoms with Gasteiger partial charge in [0, 0.05) is 0 Å². The monoisotopic (exact) mass is 509 g/mol. The molecule has 0 fully saturated rings. The van der Waals surface area contributed by atoms with E-state index in [4.69, 9.17) is 5.73 Å². The molecule has 0 aliphatic rings. The normalized spacial score (nSPS) is 12.9. The molecule has 0 heterocycles. The van der Waals surface area contributed by atoms with Gasteiger partial charge in [0.15, 0.2) is 0 Å². The van der Waals surface area contributed by atoms with Crippen molar-refractivity contribution in [3.63, 3.8) is 0 Å². The van der Waals surface area contributed by atoms with Crippen molar-refractivity contribution in [1.82, 2.24) is 0 Å². The van der Waals surface area contributed by atoms with Gasteiger partial charge in [-0.1, -0.05) is 89.5 Å². The van der Waals surface area contributed by atoms with Gasteiger partial charge in [0.2, 0.25) is 0 Å². The van der Waals surface area contributed by atoms with Crippen LogP contribution in [0.5, 0.6) is 0 Å². The molecule has 0 saturated heterocycles. The molecule has 0 saturated carbocycles.